The Balaban J connectivity index is 1.38. The Hall–Kier alpha value is -4.15. The van der Waals surface area contributed by atoms with E-state index in [2.05, 4.69) is 5.32 Å². The van der Waals surface area contributed by atoms with Crippen molar-refractivity contribution in [2.75, 3.05) is 11.9 Å². The number of thioether (sulfide) groups is 1. The van der Waals surface area contributed by atoms with E-state index in [1.165, 1.54) is 12.1 Å². The average molecular weight is 524 g/mol. The number of non-ortho nitro benzene ring substituents is 1. The SMILES string of the molecule is O=C(CN1C(=O)S/C(=C/c2cccc(OCc3ccc([N+](=O)[O-])cc3)c2)C1=O)Nc1cccc(Cl)c1. The Kier molecular flexibility index (Phi) is 7.67. The van der Waals surface area contributed by atoms with Gasteiger partial charge in [-0.2, -0.15) is 0 Å². The predicted molar refractivity (Wildman–Crippen MR) is 137 cm³/mol. The largest absolute Gasteiger partial charge is 0.489 e. The molecule has 3 aromatic carbocycles. The highest BCUT2D eigenvalue weighted by Gasteiger charge is 2.36. The number of hydrogen-bond acceptors (Lipinski definition) is 7. The monoisotopic (exact) mass is 523 g/mol. The van der Waals surface area contributed by atoms with E-state index in [-0.39, 0.29) is 17.2 Å². The number of benzene rings is 3. The third kappa shape index (κ3) is 6.29. The summed E-state index contributed by atoms with van der Waals surface area (Å²) in [5.74, 6) is -0.576. The zero-order valence-electron chi connectivity index (χ0n) is 18.5. The molecule has 0 bridgehead atoms. The highest BCUT2D eigenvalue weighted by atomic mass is 35.5. The molecular weight excluding hydrogens is 506 g/mol. The predicted octanol–water partition coefficient (Wildman–Crippen LogP) is 5.50. The van der Waals surface area contributed by atoms with Crippen molar-refractivity contribution >= 4 is 57.9 Å². The smallest absolute Gasteiger partial charge is 0.294 e. The van der Waals surface area contributed by atoms with Gasteiger partial charge in [-0.1, -0.05) is 29.8 Å². The van der Waals surface area contributed by atoms with Crippen LogP contribution in [-0.2, 0) is 16.2 Å². The van der Waals surface area contributed by atoms with Crippen molar-refractivity contribution in [3.05, 3.63) is 104 Å². The summed E-state index contributed by atoms with van der Waals surface area (Å²) in [5, 5.41) is 13.3. The number of carbonyl (C=O) groups excluding carboxylic acids is 3. The first-order chi connectivity index (χ1) is 17.3. The minimum atomic E-state index is -0.566. The summed E-state index contributed by atoms with van der Waals surface area (Å²) in [5.41, 5.74) is 1.84. The number of nitro groups is 1. The van der Waals surface area contributed by atoms with Gasteiger partial charge in [0, 0.05) is 22.8 Å². The molecule has 3 aromatic rings. The fraction of sp³-hybridized carbons (Fsp3) is 0.0800. The third-order valence-corrected chi connectivity index (χ3v) is 6.13. The maximum absolute atomic E-state index is 12.8. The number of imide groups is 1. The molecule has 0 unspecified atom stereocenters. The highest BCUT2D eigenvalue weighted by Crippen LogP contribution is 2.32. The fourth-order valence-corrected chi connectivity index (χ4v) is 4.30. The van der Waals surface area contributed by atoms with Crippen LogP contribution in [0.5, 0.6) is 5.75 Å². The van der Waals surface area contributed by atoms with Crippen molar-refractivity contribution in [2.45, 2.75) is 6.61 Å². The van der Waals surface area contributed by atoms with Gasteiger partial charge in [0.25, 0.3) is 16.8 Å². The van der Waals surface area contributed by atoms with Crippen LogP contribution in [0.4, 0.5) is 16.2 Å². The van der Waals surface area contributed by atoms with Crippen LogP contribution in [0.3, 0.4) is 0 Å². The zero-order valence-corrected chi connectivity index (χ0v) is 20.1. The van der Waals surface area contributed by atoms with Gasteiger partial charge < -0.3 is 10.1 Å². The van der Waals surface area contributed by atoms with Crippen LogP contribution in [0, 0.1) is 10.1 Å². The van der Waals surface area contributed by atoms with Crippen LogP contribution in [0.15, 0.2) is 77.7 Å². The lowest BCUT2D eigenvalue weighted by Gasteiger charge is -2.12. The van der Waals surface area contributed by atoms with E-state index >= 15 is 0 Å². The first-order valence-electron chi connectivity index (χ1n) is 10.6. The number of nitrogens with zero attached hydrogens (tertiary/aromatic N) is 2. The summed E-state index contributed by atoms with van der Waals surface area (Å²) in [6.45, 7) is -0.230. The number of anilines is 1. The van der Waals surface area contributed by atoms with Gasteiger partial charge in [0.1, 0.15) is 18.9 Å². The Bertz CT molecular complexity index is 1380. The molecule has 11 heteroatoms. The topological polar surface area (TPSA) is 119 Å². The fourth-order valence-electron chi connectivity index (χ4n) is 3.27. The molecule has 1 heterocycles. The molecule has 1 fully saturated rings. The molecule has 3 amide bonds. The Morgan fingerprint density at radius 1 is 1.08 bits per heavy atom. The van der Waals surface area contributed by atoms with Crippen LogP contribution < -0.4 is 10.1 Å². The third-order valence-electron chi connectivity index (χ3n) is 4.99. The average Bonchev–Trinajstić information content (AvgIpc) is 3.10. The van der Waals surface area contributed by atoms with Gasteiger partial charge in [-0.05, 0) is 71.4 Å². The second-order valence-corrected chi connectivity index (χ2v) is 9.04. The molecule has 1 aliphatic rings. The first kappa shape index (κ1) is 25.0. The van der Waals surface area contributed by atoms with Gasteiger partial charge in [-0.25, -0.2) is 0 Å². The van der Waals surface area contributed by atoms with Crippen LogP contribution >= 0.6 is 23.4 Å². The number of halogens is 1. The first-order valence-corrected chi connectivity index (χ1v) is 11.7. The molecule has 0 aliphatic carbocycles. The van der Waals surface area contributed by atoms with Crippen LogP contribution in [-0.4, -0.2) is 33.4 Å². The number of nitrogens with one attached hydrogen (secondary N) is 1. The normalized spacial score (nSPS) is 14.2. The van der Waals surface area contributed by atoms with E-state index in [1.807, 2.05) is 0 Å². The molecule has 182 valence electrons. The van der Waals surface area contributed by atoms with Crippen molar-refractivity contribution in [1.29, 1.82) is 0 Å². The minimum Gasteiger partial charge on any atom is -0.489 e. The van der Waals surface area contributed by atoms with Gasteiger partial charge in [0.05, 0.1) is 9.83 Å². The molecule has 0 radical (unpaired) electrons. The van der Waals surface area contributed by atoms with E-state index in [9.17, 15) is 24.5 Å². The Morgan fingerprint density at radius 3 is 2.56 bits per heavy atom. The van der Waals surface area contributed by atoms with Crippen molar-refractivity contribution in [1.82, 2.24) is 4.90 Å². The Morgan fingerprint density at radius 2 is 1.83 bits per heavy atom. The lowest BCUT2D eigenvalue weighted by Crippen LogP contribution is -2.36. The molecule has 0 spiro atoms. The van der Waals surface area contributed by atoms with E-state index in [1.54, 1.807) is 66.7 Å². The molecular formula is C25H18ClN3O6S. The van der Waals surface area contributed by atoms with Crippen LogP contribution in [0.25, 0.3) is 6.08 Å². The van der Waals surface area contributed by atoms with Gasteiger partial charge in [0.2, 0.25) is 5.91 Å². The molecule has 0 atom stereocenters. The maximum atomic E-state index is 12.8. The van der Waals surface area contributed by atoms with Crippen molar-refractivity contribution in [3.63, 3.8) is 0 Å². The molecule has 4 rings (SSSR count). The summed E-state index contributed by atoms with van der Waals surface area (Å²) in [4.78, 5) is 48.9. The molecule has 0 aromatic heterocycles. The number of hydrogen-bond donors (Lipinski definition) is 1. The summed E-state index contributed by atoms with van der Waals surface area (Å²) < 4.78 is 5.75. The Labute approximate surface area is 214 Å². The molecule has 36 heavy (non-hydrogen) atoms. The van der Waals surface area contributed by atoms with Gasteiger partial charge in [-0.3, -0.25) is 29.4 Å². The lowest BCUT2D eigenvalue weighted by molar-refractivity contribution is -0.384. The van der Waals surface area contributed by atoms with Crippen LogP contribution in [0.1, 0.15) is 11.1 Å². The summed E-state index contributed by atoms with van der Waals surface area (Å²) in [6, 6.07) is 19.5. The lowest BCUT2D eigenvalue weighted by atomic mass is 10.2. The van der Waals surface area contributed by atoms with E-state index < -0.39 is 28.5 Å². The number of carbonyl (C=O) groups is 3. The standard InChI is InChI=1S/C25H18ClN3O6S/c26-18-4-2-5-19(13-18)27-23(30)14-28-24(31)22(36-25(28)32)12-17-3-1-6-21(11-17)35-15-16-7-9-20(10-8-16)29(33)34/h1-13H,14-15H2,(H,27,30)/b22-12+. The quantitative estimate of drug-likeness (QED) is 0.235. The van der Waals surface area contributed by atoms with Crippen molar-refractivity contribution < 1.29 is 24.0 Å². The molecule has 9 nitrogen and oxygen atoms in total. The number of amides is 3. The zero-order chi connectivity index (χ0) is 25.7. The van der Waals surface area contributed by atoms with Crippen molar-refractivity contribution in [2.24, 2.45) is 0 Å². The minimum absolute atomic E-state index is 0.00311. The molecule has 1 aliphatic heterocycles. The maximum Gasteiger partial charge on any atom is 0.294 e. The van der Waals surface area contributed by atoms with Gasteiger partial charge in [0.15, 0.2) is 0 Å². The molecule has 0 saturated carbocycles. The molecule has 1 N–H and O–H groups in total. The van der Waals surface area contributed by atoms with E-state index in [0.29, 0.717) is 22.0 Å². The summed E-state index contributed by atoms with van der Waals surface area (Å²) >= 11 is 6.66. The van der Waals surface area contributed by atoms with Crippen LogP contribution in [0.2, 0.25) is 5.02 Å². The van der Waals surface area contributed by atoms with Gasteiger partial charge in [-0.15, -0.1) is 0 Å². The summed E-state index contributed by atoms with van der Waals surface area (Å²) in [6.07, 6.45) is 1.55. The molecule has 1 saturated heterocycles. The van der Waals surface area contributed by atoms with Crippen molar-refractivity contribution in [3.8, 4) is 5.75 Å². The highest BCUT2D eigenvalue weighted by molar-refractivity contribution is 8.18. The van der Waals surface area contributed by atoms with E-state index in [4.69, 9.17) is 16.3 Å². The van der Waals surface area contributed by atoms with Gasteiger partial charge >= 0.3 is 0 Å². The number of ether oxygens (including phenoxy) is 1. The second kappa shape index (κ2) is 11.1. The summed E-state index contributed by atoms with van der Waals surface area (Å²) in [7, 11) is 0. The second-order valence-electron chi connectivity index (χ2n) is 7.61. The number of nitro benzene ring substituents is 1. The number of rotatable bonds is 8. The van der Waals surface area contributed by atoms with E-state index in [0.717, 1.165) is 22.2 Å².